The molecule has 1 rings (SSSR count). The number of ether oxygens (including phenoxy) is 1. The fourth-order valence-electron chi connectivity index (χ4n) is 1.73. The first-order valence-corrected chi connectivity index (χ1v) is 5.95. The molecule has 1 atom stereocenters. The summed E-state index contributed by atoms with van der Waals surface area (Å²) in [6.07, 6.45) is 0.532. The van der Waals surface area contributed by atoms with E-state index in [1.807, 2.05) is 20.8 Å². The number of aromatic hydroxyl groups is 1. The molecule has 0 amide bonds. The number of phenols is 1. The van der Waals surface area contributed by atoms with Crippen LogP contribution >= 0.6 is 0 Å². The van der Waals surface area contributed by atoms with E-state index >= 15 is 0 Å². The van der Waals surface area contributed by atoms with Gasteiger partial charge in [-0.2, -0.15) is 0 Å². The van der Waals surface area contributed by atoms with Gasteiger partial charge in [0.25, 0.3) is 0 Å². The second-order valence-electron chi connectivity index (χ2n) is 5.34. The summed E-state index contributed by atoms with van der Waals surface area (Å²) in [6, 6.07) is 6.44. The van der Waals surface area contributed by atoms with Gasteiger partial charge in [0.2, 0.25) is 0 Å². The Hall–Kier alpha value is -1.55. The van der Waals surface area contributed by atoms with Crippen LogP contribution in [0.4, 0.5) is 0 Å². The molecule has 1 aromatic rings. The van der Waals surface area contributed by atoms with Crippen LogP contribution in [0.15, 0.2) is 24.3 Å². The number of methoxy groups -OCH3 is 1. The molecular formula is C14H21NO3. The fourth-order valence-corrected chi connectivity index (χ4v) is 1.73. The maximum absolute atomic E-state index is 11.7. The average Bonchev–Trinajstić information content (AvgIpc) is 2.28. The normalized spacial score (nSPS) is 13.1. The van der Waals surface area contributed by atoms with Gasteiger partial charge in [0.15, 0.2) is 0 Å². The third-order valence-corrected chi connectivity index (χ3v) is 2.47. The molecule has 0 saturated heterocycles. The zero-order chi connectivity index (χ0) is 13.8. The van der Waals surface area contributed by atoms with E-state index in [1.54, 1.807) is 24.3 Å². The van der Waals surface area contributed by atoms with Gasteiger partial charge in [-0.25, -0.2) is 0 Å². The van der Waals surface area contributed by atoms with Crippen LogP contribution in [0.2, 0.25) is 0 Å². The minimum atomic E-state index is -0.389. The second kappa shape index (κ2) is 5.87. The van der Waals surface area contributed by atoms with Crippen molar-refractivity contribution in [3.8, 4) is 5.75 Å². The van der Waals surface area contributed by atoms with Crippen LogP contribution in [0.3, 0.4) is 0 Å². The van der Waals surface area contributed by atoms with Crippen molar-refractivity contribution in [1.29, 1.82) is 0 Å². The summed E-state index contributed by atoms with van der Waals surface area (Å²) < 4.78 is 4.80. The molecular weight excluding hydrogens is 230 g/mol. The smallest absolute Gasteiger partial charge is 0.323 e. The van der Waals surface area contributed by atoms with Crippen LogP contribution in [-0.2, 0) is 16.0 Å². The first-order valence-electron chi connectivity index (χ1n) is 5.95. The number of rotatable bonds is 4. The Morgan fingerprint density at radius 2 is 1.89 bits per heavy atom. The lowest BCUT2D eigenvalue weighted by Crippen LogP contribution is -2.49. The summed E-state index contributed by atoms with van der Waals surface area (Å²) >= 11 is 0. The van der Waals surface area contributed by atoms with E-state index in [4.69, 9.17) is 4.74 Å². The molecule has 100 valence electrons. The minimum Gasteiger partial charge on any atom is -0.508 e. The third kappa shape index (κ3) is 4.75. The van der Waals surface area contributed by atoms with E-state index < -0.39 is 0 Å². The van der Waals surface area contributed by atoms with Crippen molar-refractivity contribution < 1.29 is 14.6 Å². The molecule has 0 spiro atoms. The molecule has 0 aliphatic heterocycles. The number of carbonyl (C=O) groups is 1. The van der Waals surface area contributed by atoms with Crippen LogP contribution in [0.1, 0.15) is 26.3 Å². The summed E-state index contributed by atoms with van der Waals surface area (Å²) in [6.45, 7) is 6.00. The van der Waals surface area contributed by atoms with Gasteiger partial charge in [0.1, 0.15) is 11.8 Å². The molecule has 0 radical (unpaired) electrons. The molecule has 0 heterocycles. The number of phenolic OH excluding ortho intramolecular Hbond substituents is 1. The molecule has 2 N–H and O–H groups in total. The van der Waals surface area contributed by atoms with Crippen LogP contribution < -0.4 is 5.32 Å². The molecule has 0 saturated carbocycles. The second-order valence-corrected chi connectivity index (χ2v) is 5.34. The van der Waals surface area contributed by atoms with Crippen molar-refractivity contribution >= 4 is 5.97 Å². The lowest BCUT2D eigenvalue weighted by molar-refractivity contribution is -0.143. The Bertz CT molecular complexity index is 392. The summed E-state index contributed by atoms with van der Waals surface area (Å²) in [5, 5.41) is 12.5. The quantitative estimate of drug-likeness (QED) is 0.802. The Morgan fingerprint density at radius 1 is 1.33 bits per heavy atom. The molecule has 18 heavy (non-hydrogen) atoms. The number of hydrogen-bond acceptors (Lipinski definition) is 4. The number of esters is 1. The average molecular weight is 251 g/mol. The van der Waals surface area contributed by atoms with Crippen LogP contribution in [0, 0.1) is 0 Å². The maximum Gasteiger partial charge on any atom is 0.323 e. The minimum absolute atomic E-state index is 0.171. The third-order valence-electron chi connectivity index (χ3n) is 2.47. The van der Waals surface area contributed by atoms with Crippen molar-refractivity contribution in [3.05, 3.63) is 29.8 Å². The molecule has 0 unspecified atom stereocenters. The molecule has 0 aliphatic carbocycles. The highest BCUT2D eigenvalue weighted by Crippen LogP contribution is 2.13. The molecule has 0 aromatic heterocycles. The van der Waals surface area contributed by atoms with Crippen molar-refractivity contribution in [2.45, 2.75) is 38.8 Å². The maximum atomic E-state index is 11.7. The highest BCUT2D eigenvalue weighted by Gasteiger charge is 2.24. The van der Waals surface area contributed by atoms with E-state index in [1.165, 1.54) is 7.11 Å². The Kier molecular flexibility index (Phi) is 4.73. The van der Waals surface area contributed by atoms with Crippen molar-refractivity contribution in [3.63, 3.8) is 0 Å². The largest absolute Gasteiger partial charge is 0.508 e. The zero-order valence-corrected chi connectivity index (χ0v) is 11.4. The van der Waals surface area contributed by atoms with Gasteiger partial charge < -0.3 is 9.84 Å². The summed E-state index contributed by atoms with van der Waals surface area (Å²) in [4.78, 5) is 11.7. The first-order chi connectivity index (χ1) is 8.31. The Morgan fingerprint density at radius 3 is 2.33 bits per heavy atom. The van der Waals surface area contributed by atoms with Gasteiger partial charge in [-0.3, -0.25) is 10.1 Å². The summed E-state index contributed by atoms with van der Waals surface area (Å²) in [5.41, 5.74) is 0.801. The van der Waals surface area contributed by atoms with E-state index in [9.17, 15) is 9.90 Å². The highest BCUT2D eigenvalue weighted by atomic mass is 16.5. The predicted octanol–water partition coefficient (Wildman–Crippen LogP) is 1.86. The van der Waals surface area contributed by atoms with Gasteiger partial charge in [-0.05, 0) is 44.9 Å². The summed E-state index contributed by atoms with van der Waals surface area (Å²) in [7, 11) is 1.39. The SMILES string of the molecule is COC(=O)[C@H](Cc1ccc(O)cc1)NC(C)(C)C. The number of carbonyl (C=O) groups excluding carboxylic acids is 1. The molecule has 4 nitrogen and oxygen atoms in total. The molecule has 1 aromatic carbocycles. The molecule has 0 aliphatic rings. The van der Waals surface area contributed by atoms with E-state index in [0.29, 0.717) is 6.42 Å². The van der Waals surface area contributed by atoms with E-state index in [0.717, 1.165) is 5.56 Å². The summed E-state index contributed by atoms with van der Waals surface area (Å²) in [5.74, 6) is -0.0600. The van der Waals surface area contributed by atoms with Crippen molar-refractivity contribution in [2.75, 3.05) is 7.11 Å². The molecule has 0 bridgehead atoms. The molecule has 4 heteroatoms. The van der Waals surface area contributed by atoms with E-state index in [-0.39, 0.29) is 23.3 Å². The standard InChI is InChI=1S/C14H21NO3/c1-14(2,3)15-12(13(17)18-4)9-10-5-7-11(16)8-6-10/h5-8,12,15-16H,9H2,1-4H3/t12-/m0/s1. The van der Waals surface area contributed by atoms with Gasteiger partial charge in [-0.15, -0.1) is 0 Å². The Balaban J connectivity index is 2.78. The number of nitrogens with one attached hydrogen (secondary N) is 1. The fraction of sp³-hybridized carbons (Fsp3) is 0.500. The van der Waals surface area contributed by atoms with Gasteiger partial charge in [0.05, 0.1) is 7.11 Å². The monoisotopic (exact) mass is 251 g/mol. The van der Waals surface area contributed by atoms with Crippen molar-refractivity contribution in [2.24, 2.45) is 0 Å². The van der Waals surface area contributed by atoms with Crippen molar-refractivity contribution in [1.82, 2.24) is 5.32 Å². The van der Waals surface area contributed by atoms with Crippen LogP contribution in [0.25, 0.3) is 0 Å². The Labute approximate surface area is 108 Å². The number of hydrogen-bond donors (Lipinski definition) is 2. The highest BCUT2D eigenvalue weighted by molar-refractivity contribution is 5.76. The first kappa shape index (κ1) is 14.5. The van der Waals surface area contributed by atoms with Gasteiger partial charge in [-0.1, -0.05) is 12.1 Å². The zero-order valence-electron chi connectivity index (χ0n) is 11.4. The van der Waals surface area contributed by atoms with Gasteiger partial charge in [0, 0.05) is 5.54 Å². The van der Waals surface area contributed by atoms with Crippen LogP contribution in [0.5, 0.6) is 5.75 Å². The number of benzene rings is 1. The lowest BCUT2D eigenvalue weighted by Gasteiger charge is -2.27. The molecule has 0 fully saturated rings. The topological polar surface area (TPSA) is 58.6 Å². The predicted molar refractivity (Wildman–Crippen MR) is 70.5 cm³/mol. The van der Waals surface area contributed by atoms with E-state index in [2.05, 4.69) is 5.32 Å². The lowest BCUT2D eigenvalue weighted by atomic mass is 10.0. The van der Waals surface area contributed by atoms with Gasteiger partial charge >= 0.3 is 5.97 Å². The van der Waals surface area contributed by atoms with Crippen LogP contribution in [-0.4, -0.2) is 29.8 Å².